The van der Waals surface area contributed by atoms with Crippen LogP contribution in [0, 0.1) is 0 Å². The Hall–Kier alpha value is -6.74. The van der Waals surface area contributed by atoms with Crippen molar-refractivity contribution >= 4 is 77.2 Å². The second-order valence-corrected chi connectivity index (χ2v) is 20.1. The summed E-state index contributed by atoms with van der Waals surface area (Å²) in [5.74, 6) is 1.95. The van der Waals surface area contributed by atoms with Gasteiger partial charge in [0, 0.05) is 67.9 Å². The number of fused-ring (bicyclic) bond motifs is 6. The Bertz CT molecular complexity index is 3290. The van der Waals surface area contributed by atoms with Gasteiger partial charge in [0.1, 0.15) is 10.1 Å². The first-order valence-electron chi connectivity index (χ1n) is 21.8. The van der Waals surface area contributed by atoms with E-state index >= 15 is 0 Å². The predicted octanol–water partition coefficient (Wildman–Crippen LogP) is 14.2. The number of benzene rings is 6. The maximum Gasteiger partial charge on any atom is 0.117 e. The third-order valence-electron chi connectivity index (χ3n) is 12.5. The molecule has 4 aromatic heterocycles. The van der Waals surface area contributed by atoms with Gasteiger partial charge in [-0.1, -0.05) is 72.8 Å². The van der Waals surface area contributed by atoms with E-state index in [-0.39, 0.29) is 11.1 Å². The van der Waals surface area contributed by atoms with Gasteiger partial charge >= 0.3 is 0 Å². The molecule has 0 saturated heterocycles. The van der Waals surface area contributed by atoms with Crippen molar-refractivity contribution in [3.63, 3.8) is 0 Å². The first-order chi connectivity index (χ1) is 31.1. The largest absolute Gasteiger partial charge is 0.309 e. The summed E-state index contributed by atoms with van der Waals surface area (Å²) >= 11 is 3.58. The van der Waals surface area contributed by atoms with Crippen LogP contribution in [-0.4, -0.2) is 51.8 Å². The van der Waals surface area contributed by atoms with Gasteiger partial charge in [-0.2, -0.15) is 0 Å². The van der Waals surface area contributed by atoms with E-state index in [0.29, 0.717) is 0 Å². The van der Waals surface area contributed by atoms with Crippen LogP contribution in [-0.2, 0) is 0 Å². The Morgan fingerprint density at radius 2 is 0.719 bits per heavy atom. The molecule has 0 aliphatic carbocycles. The number of aliphatic imine (C=N–C) groups is 2. The minimum atomic E-state index is -0.0541. The van der Waals surface area contributed by atoms with Crippen LogP contribution < -0.4 is 0 Å². The minimum Gasteiger partial charge on any atom is -0.309 e. The van der Waals surface area contributed by atoms with Crippen molar-refractivity contribution in [3.8, 4) is 44.8 Å². The van der Waals surface area contributed by atoms with Crippen molar-refractivity contribution in [1.82, 2.24) is 19.1 Å². The van der Waals surface area contributed by atoms with Crippen molar-refractivity contribution in [2.75, 3.05) is 11.5 Å². The van der Waals surface area contributed by atoms with Gasteiger partial charge < -0.3 is 9.13 Å². The van der Waals surface area contributed by atoms with Crippen molar-refractivity contribution in [3.05, 3.63) is 182 Å². The molecule has 0 bridgehead atoms. The third kappa shape index (κ3) is 6.75. The molecular formula is C56H44N6S2. The van der Waals surface area contributed by atoms with Crippen molar-refractivity contribution in [2.24, 2.45) is 9.98 Å². The number of para-hydroxylation sites is 2. The standard InChI is InChI=1S/C56H44N6S2/c1-55(2)33-63-53(59-55)47-21-15-39(31-57-47)37-19-25-51-45(29-37)43-27-35(17-23-49(43)61(51)41-11-7-5-8-12-41)36-18-24-50-44(28-36)46-30-38(20-26-52(46)62(50)42-13-9-6-10-14-42)40-16-22-48(58-32-40)54-60-56(3,4)34-64-54/h5-32H,33-34H2,1-4H3. The number of nitrogens with zero attached hydrogens (tertiary/aromatic N) is 6. The van der Waals surface area contributed by atoms with Gasteiger partial charge in [-0.05, 0) is 135 Å². The molecule has 8 heteroatoms. The van der Waals surface area contributed by atoms with Crippen LogP contribution in [0.1, 0.15) is 39.1 Å². The summed E-state index contributed by atoms with van der Waals surface area (Å²) in [6.45, 7) is 8.71. The lowest BCUT2D eigenvalue weighted by atomic mass is 9.99. The second-order valence-electron chi connectivity index (χ2n) is 18.2. The summed E-state index contributed by atoms with van der Waals surface area (Å²) in [4.78, 5) is 19.6. The van der Waals surface area contributed by atoms with E-state index in [2.05, 4.69) is 195 Å². The topological polar surface area (TPSA) is 60.4 Å². The Kier molecular flexibility index (Phi) is 9.08. The smallest absolute Gasteiger partial charge is 0.117 e. The fraction of sp³-hybridized carbons (Fsp3) is 0.143. The quantitative estimate of drug-likeness (QED) is 0.160. The van der Waals surface area contributed by atoms with E-state index in [1.54, 1.807) is 23.5 Å². The fourth-order valence-electron chi connectivity index (χ4n) is 9.29. The molecule has 0 amide bonds. The van der Waals surface area contributed by atoms with E-state index < -0.39 is 0 Å². The summed E-state index contributed by atoms with van der Waals surface area (Å²) < 4.78 is 4.77. The number of hydrogen-bond acceptors (Lipinski definition) is 6. The highest BCUT2D eigenvalue weighted by atomic mass is 32.2. The molecule has 10 aromatic rings. The molecule has 6 aromatic carbocycles. The average molecular weight is 865 g/mol. The van der Waals surface area contributed by atoms with Gasteiger partial charge in [0.15, 0.2) is 0 Å². The zero-order valence-electron chi connectivity index (χ0n) is 36.1. The summed E-state index contributed by atoms with van der Waals surface area (Å²) in [5.41, 5.74) is 15.5. The molecule has 2 aliphatic rings. The van der Waals surface area contributed by atoms with Gasteiger partial charge in [0.2, 0.25) is 0 Å². The van der Waals surface area contributed by atoms with Crippen LogP contribution in [0.3, 0.4) is 0 Å². The van der Waals surface area contributed by atoms with Crippen LogP contribution in [0.25, 0.3) is 88.4 Å². The normalized spacial score (nSPS) is 15.7. The third-order valence-corrected chi connectivity index (χ3v) is 15.3. The molecule has 0 unspecified atom stereocenters. The first-order valence-corrected chi connectivity index (χ1v) is 23.8. The molecule has 0 fully saturated rings. The molecule has 6 nitrogen and oxygen atoms in total. The van der Waals surface area contributed by atoms with E-state index in [4.69, 9.17) is 20.0 Å². The SMILES string of the molecule is CC1(C)CSC(c2ccc(-c3ccc4c(c3)c3cc(-c5ccc6c(c5)c5cc(-c7ccc(C8=NC(C)(C)CS8)nc7)ccc5n6-c5ccccc5)ccc3n4-c3ccccc3)cn2)=N1. The highest BCUT2D eigenvalue weighted by Crippen LogP contribution is 2.41. The summed E-state index contributed by atoms with van der Waals surface area (Å²) in [5, 5.41) is 6.86. The Labute approximate surface area is 380 Å². The molecule has 310 valence electrons. The zero-order chi connectivity index (χ0) is 43.2. The molecule has 12 rings (SSSR count). The highest BCUT2D eigenvalue weighted by Gasteiger charge is 2.28. The first kappa shape index (κ1) is 38.9. The molecule has 0 radical (unpaired) electrons. The van der Waals surface area contributed by atoms with Crippen LogP contribution in [0.5, 0.6) is 0 Å². The van der Waals surface area contributed by atoms with Gasteiger partial charge in [-0.3, -0.25) is 20.0 Å². The van der Waals surface area contributed by atoms with Gasteiger partial charge in [-0.15, -0.1) is 23.5 Å². The van der Waals surface area contributed by atoms with Gasteiger partial charge in [0.05, 0.1) is 44.5 Å². The van der Waals surface area contributed by atoms with E-state index in [9.17, 15) is 0 Å². The Balaban J connectivity index is 0.987. The number of rotatable bonds is 7. The number of aromatic nitrogens is 4. The highest BCUT2D eigenvalue weighted by molar-refractivity contribution is 8.15. The summed E-state index contributed by atoms with van der Waals surface area (Å²) in [6.07, 6.45) is 3.99. The molecule has 64 heavy (non-hydrogen) atoms. The van der Waals surface area contributed by atoms with Crippen molar-refractivity contribution < 1.29 is 0 Å². The fourth-order valence-corrected chi connectivity index (χ4v) is 11.6. The lowest BCUT2D eigenvalue weighted by Gasteiger charge is -2.09. The van der Waals surface area contributed by atoms with Crippen LogP contribution in [0.15, 0.2) is 180 Å². The second kappa shape index (κ2) is 14.9. The molecule has 0 N–H and O–H groups in total. The molecule has 6 heterocycles. The summed E-state index contributed by atoms with van der Waals surface area (Å²) in [7, 11) is 0. The van der Waals surface area contributed by atoms with E-state index in [1.807, 2.05) is 12.4 Å². The molecule has 0 spiro atoms. The monoisotopic (exact) mass is 864 g/mol. The lowest BCUT2D eigenvalue weighted by molar-refractivity contribution is 0.604. The maximum atomic E-state index is 4.92. The molecule has 2 aliphatic heterocycles. The maximum absolute atomic E-state index is 4.92. The van der Waals surface area contributed by atoms with Crippen LogP contribution >= 0.6 is 23.5 Å². The van der Waals surface area contributed by atoms with Crippen molar-refractivity contribution in [1.29, 1.82) is 0 Å². The predicted molar refractivity (Wildman–Crippen MR) is 273 cm³/mol. The number of thioether (sulfide) groups is 2. The lowest BCUT2D eigenvalue weighted by Crippen LogP contribution is -2.15. The van der Waals surface area contributed by atoms with E-state index in [1.165, 1.54) is 54.7 Å². The van der Waals surface area contributed by atoms with Crippen LogP contribution in [0.4, 0.5) is 0 Å². The van der Waals surface area contributed by atoms with Crippen LogP contribution in [0.2, 0.25) is 0 Å². The number of pyridine rings is 2. The van der Waals surface area contributed by atoms with E-state index in [0.717, 1.165) is 66.6 Å². The average Bonchev–Trinajstić information content (AvgIpc) is 4.08. The zero-order valence-corrected chi connectivity index (χ0v) is 37.7. The van der Waals surface area contributed by atoms with Gasteiger partial charge in [-0.25, -0.2) is 0 Å². The number of hydrogen-bond donors (Lipinski definition) is 0. The molecule has 0 atom stereocenters. The van der Waals surface area contributed by atoms with Gasteiger partial charge in [0.25, 0.3) is 0 Å². The molecular weight excluding hydrogens is 821 g/mol. The Morgan fingerprint density at radius 1 is 0.391 bits per heavy atom. The summed E-state index contributed by atoms with van der Waals surface area (Å²) in [6, 6.07) is 57.5. The van der Waals surface area contributed by atoms with Crippen molar-refractivity contribution in [2.45, 2.75) is 38.8 Å². The molecule has 0 saturated carbocycles. The minimum absolute atomic E-state index is 0.0541. The Morgan fingerprint density at radius 3 is 1.02 bits per heavy atom.